The number of para-hydroxylation sites is 1. The summed E-state index contributed by atoms with van der Waals surface area (Å²) in [6, 6.07) is 10.1. The number of nitrogens with one attached hydrogen (secondary N) is 1. The van der Waals surface area contributed by atoms with Crippen LogP contribution in [0.25, 0.3) is 15.9 Å². The van der Waals surface area contributed by atoms with Crippen molar-refractivity contribution < 1.29 is 4.79 Å². The predicted octanol–water partition coefficient (Wildman–Crippen LogP) is 4.84. The molecule has 0 bridgehead atoms. The van der Waals surface area contributed by atoms with E-state index in [0.29, 0.717) is 0 Å². The third-order valence-electron chi connectivity index (χ3n) is 7.26. The molecule has 0 spiro atoms. The summed E-state index contributed by atoms with van der Waals surface area (Å²) < 4.78 is 1.91. The topological polar surface area (TPSA) is 75.9 Å². The van der Waals surface area contributed by atoms with Crippen molar-refractivity contribution in [2.75, 3.05) is 23.3 Å². The monoisotopic (exact) mass is 472 g/mol. The zero-order valence-corrected chi connectivity index (χ0v) is 20.4. The molecular formula is C26H28N6OS. The summed E-state index contributed by atoms with van der Waals surface area (Å²) in [4.78, 5) is 27.1. The van der Waals surface area contributed by atoms with Gasteiger partial charge in [-0.1, -0.05) is 18.2 Å². The molecule has 1 aromatic carbocycles. The average molecular weight is 473 g/mol. The van der Waals surface area contributed by atoms with Crippen molar-refractivity contribution in [3.05, 3.63) is 58.4 Å². The minimum absolute atomic E-state index is 0.0185. The average Bonchev–Trinajstić information content (AvgIpc) is 3.54. The first kappa shape index (κ1) is 21.3. The number of rotatable bonds is 4. The summed E-state index contributed by atoms with van der Waals surface area (Å²) in [5.41, 5.74) is 4.55. The maximum atomic E-state index is 13.4. The van der Waals surface area contributed by atoms with Gasteiger partial charge in [0.05, 0.1) is 16.8 Å². The Hall–Kier alpha value is -3.26. The molecule has 1 aliphatic heterocycles. The number of hydrogen-bond donors (Lipinski definition) is 1. The number of hydrogen-bond acceptors (Lipinski definition) is 6. The van der Waals surface area contributed by atoms with Gasteiger partial charge in [-0.05, 0) is 63.6 Å². The summed E-state index contributed by atoms with van der Waals surface area (Å²) >= 11 is 1.72. The molecule has 4 aromatic rings. The standard InChI is InChI=1S/C26H28N6OS/c1-16-17(2)34-26-22(16)24(27-15-28-26)31-13-11-18(12-14-31)25(33)29-23-20-9-6-10-21(20)30-32(23)19-7-4-3-5-8-19/h3-5,7-8,15,18H,6,9-14H2,1-2H3,(H,29,33). The fourth-order valence-electron chi connectivity index (χ4n) is 5.25. The highest BCUT2D eigenvalue weighted by molar-refractivity contribution is 7.18. The first-order valence-corrected chi connectivity index (χ1v) is 12.8. The Morgan fingerprint density at radius 3 is 2.68 bits per heavy atom. The zero-order valence-electron chi connectivity index (χ0n) is 19.5. The van der Waals surface area contributed by atoms with Crippen molar-refractivity contribution in [3.8, 4) is 5.69 Å². The molecule has 0 unspecified atom stereocenters. The highest BCUT2D eigenvalue weighted by atomic mass is 32.1. The van der Waals surface area contributed by atoms with Gasteiger partial charge in [0.15, 0.2) is 0 Å². The van der Waals surface area contributed by atoms with Crippen LogP contribution in [0.4, 0.5) is 11.6 Å². The van der Waals surface area contributed by atoms with Gasteiger partial charge >= 0.3 is 0 Å². The van der Waals surface area contributed by atoms with Crippen LogP contribution in [-0.4, -0.2) is 38.7 Å². The van der Waals surface area contributed by atoms with Crippen LogP contribution in [0.15, 0.2) is 36.7 Å². The number of thiophene rings is 1. The SMILES string of the molecule is Cc1sc2ncnc(N3CCC(C(=O)Nc4c5c(nn4-c4ccccc4)CCC5)CC3)c2c1C. The van der Waals surface area contributed by atoms with Gasteiger partial charge in [-0.15, -0.1) is 11.3 Å². The molecule has 174 valence electrons. The van der Waals surface area contributed by atoms with Crippen LogP contribution in [-0.2, 0) is 17.6 Å². The molecule has 0 atom stereocenters. The van der Waals surface area contributed by atoms with Gasteiger partial charge in [-0.3, -0.25) is 4.79 Å². The van der Waals surface area contributed by atoms with Crippen molar-refractivity contribution in [1.29, 1.82) is 0 Å². The third kappa shape index (κ3) is 3.57. The normalized spacial score (nSPS) is 16.2. The van der Waals surface area contributed by atoms with Crippen molar-refractivity contribution in [2.24, 2.45) is 5.92 Å². The van der Waals surface area contributed by atoms with Gasteiger partial charge in [0.1, 0.15) is 22.8 Å². The van der Waals surface area contributed by atoms with E-state index in [9.17, 15) is 4.79 Å². The number of carbonyl (C=O) groups is 1. The fourth-order valence-corrected chi connectivity index (χ4v) is 6.24. The van der Waals surface area contributed by atoms with E-state index in [1.165, 1.54) is 16.0 Å². The number of aromatic nitrogens is 4. The third-order valence-corrected chi connectivity index (χ3v) is 8.38. The Morgan fingerprint density at radius 1 is 1.09 bits per heavy atom. The molecule has 34 heavy (non-hydrogen) atoms. The summed E-state index contributed by atoms with van der Waals surface area (Å²) in [7, 11) is 0. The Kier molecular flexibility index (Phi) is 5.32. The second kappa shape index (κ2) is 8.51. The van der Waals surface area contributed by atoms with E-state index in [4.69, 9.17) is 5.10 Å². The lowest BCUT2D eigenvalue weighted by atomic mass is 9.95. The molecule has 1 amide bonds. The zero-order chi connectivity index (χ0) is 23.2. The number of carbonyl (C=O) groups excluding carboxylic acids is 1. The van der Waals surface area contributed by atoms with Gasteiger partial charge in [0, 0.05) is 29.4 Å². The quantitative estimate of drug-likeness (QED) is 0.460. The van der Waals surface area contributed by atoms with Crippen molar-refractivity contribution in [3.63, 3.8) is 0 Å². The number of nitrogens with zero attached hydrogens (tertiary/aromatic N) is 5. The van der Waals surface area contributed by atoms with Gasteiger partial charge in [-0.2, -0.15) is 5.10 Å². The first-order valence-electron chi connectivity index (χ1n) is 12.0. The highest BCUT2D eigenvalue weighted by Crippen LogP contribution is 2.36. The lowest BCUT2D eigenvalue weighted by molar-refractivity contribution is -0.120. The van der Waals surface area contributed by atoms with Gasteiger partial charge in [0.25, 0.3) is 0 Å². The van der Waals surface area contributed by atoms with Crippen LogP contribution >= 0.6 is 11.3 Å². The second-order valence-corrected chi connectivity index (χ2v) is 10.5. The number of anilines is 2. The predicted molar refractivity (Wildman–Crippen MR) is 136 cm³/mol. The molecular weight excluding hydrogens is 444 g/mol. The Morgan fingerprint density at radius 2 is 1.88 bits per heavy atom. The summed E-state index contributed by atoms with van der Waals surface area (Å²) in [5, 5.41) is 9.27. The van der Waals surface area contributed by atoms with E-state index in [0.717, 1.165) is 78.4 Å². The van der Waals surface area contributed by atoms with Crippen LogP contribution in [0, 0.1) is 19.8 Å². The van der Waals surface area contributed by atoms with Crippen LogP contribution in [0.5, 0.6) is 0 Å². The van der Waals surface area contributed by atoms with Crippen LogP contribution in [0.3, 0.4) is 0 Å². The van der Waals surface area contributed by atoms with Gasteiger partial charge in [0.2, 0.25) is 5.91 Å². The molecule has 1 saturated heterocycles. The van der Waals surface area contributed by atoms with E-state index in [2.05, 4.69) is 34.0 Å². The van der Waals surface area contributed by atoms with E-state index in [1.54, 1.807) is 17.7 Å². The smallest absolute Gasteiger partial charge is 0.228 e. The van der Waals surface area contributed by atoms with E-state index >= 15 is 0 Å². The molecule has 3 aromatic heterocycles. The molecule has 7 nitrogen and oxygen atoms in total. The molecule has 4 heterocycles. The van der Waals surface area contributed by atoms with Crippen LogP contribution < -0.4 is 10.2 Å². The highest BCUT2D eigenvalue weighted by Gasteiger charge is 2.30. The molecule has 0 radical (unpaired) electrons. The summed E-state index contributed by atoms with van der Waals surface area (Å²) in [6.45, 7) is 5.91. The summed E-state index contributed by atoms with van der Waals surface area (Å²) in [6.07, 6.45) is 6.33. The molecule has 8 heteroatoms. The maximum Gasteiger partial charge on any atom is 0.228 e. The fraction of sp³-hybridized carbons (Fsp3) is 0.385. The Labute approximate surface area is 202 Å². The van der Waals surface area contributed by atoms with E-state index in [1.807, 2.05) is 35.0 Å². The number of benzene rings is 1. The van der Waals surface area contributed by atoms with E-state index < -0.39 is 0 Å². The van der Waals surface area contributed by atoms with E-state index in [-0.39, 0.29) is 11.8 Å². The minimum atomic E-state index is -0.0185. The van der Waals surface area contributed by atoms with Crippen molar-refractivity contribution in [2.45, 2.75) is 46.0 Å². The molecule has 1 aliphatic carbocycles. The second-order valence-electron chi connectivity index (χ2n) is 9.29. The first-order chi connectivity index (χ1) is 16.6. The van der Waals surface area contributed by atoms with Crippen LogP contribution in [0.2, 0.25) is 0 Å². The Balaban J connectivity index is 1.20. The number of aryl methyl sites for hydroxylation is 3. The number of fused-ring (bicyclic) bond motifs is 2. The lowest BCUT2D eigenvalue weighted by Gasteiger charge is -2.32. The lowest BCUT2D eigenvalue weighted by Crippen LogP contribution is -2.39. The van der Waals surface area contributed by atoms with Crippen molar-refractivity contribution >= 4 is 39.1 Å². The molecule has 0 saturated carbocycles. The number of amides is 1. The van der Waals surface area contributed by atoms with Crippen LogP contribution in [0.1, 0.15) is 41.0 Å². The largest absolute Gasteiger partial charge is 0.356 e. The minimum Gasteiger partial charge on any atom is -0.356 e. The molecule has 6 rings (SSSR count). The molecule has 1 fully saturated rings. The van der Waals surface area contributed by atoms with Gasteiger partial charge in [-0.25, -0.2) is 14.6 Å². The number of piperidine rings is 1. The summed E-state index contributed by atoms with van der Waals surface area (Å²) in [5.74, 6) is 1.94. The maximum absolute atomic E-state index is 13.4. The van der Waals surface area contributed by atoms with Gasteiger partial charge < -0.3 is 10.2 Å². The van der Waals surface area contributed by atoms with Crippen molar-refractivity contribution in [1.82, 2.24) is 19.7 Å². The Bertz CT molecular complexity index is 1370. The molecule has 1 N–H and O–H groups in total. The molecule has 2 aliphatic rings.